The molecule has 0 saturated carbocycles. The van der Waals surface area contributed by atoms with Crippen molar-refractivity contribution in [3.63, 3.8) is 0 Å². The van der Waals surface area contributed by atoms with Crippen molar-refractivity contribution in [2.75, 3.05) is 0 Å². The van der Waals surface area contributed by atoms with Crippen LogP contribution in [-0.4, -0.2) is 15.8 Å². The average Bonchev–Trinajstić information content (AvgIpc) is 2.68. The topological polar surface area (TPSA) is 43.8 Å². The van der Waals surface area contributed by atoms with Crippen LogP contribution in [0.3, 0.4) is 0 Å². The highest BCUT2D eigenvalue weighted by Gasteiger charge is 2.21. The molecule has 0 spiro atoms. The summed E-state index contributed by atoms with van der Waals surface area (Å²) in [5.41, 5.74) is 6.96. The molecule has 1 aromatic carbocycles. The number of benzene rings is 1. The van der Waals surface area contributed by atoms with Crippen LogP contribution in [0.1, 0.15) is 18.5 Å². The summed E-state index contributed by atoms with van der Waals surface area (Å²) in [5.74, 6) is 0. The predicted molar refractivity (Wildman–Crippen MR) is 70.5 cm³/mol. The molecular weight excluding hydrogens is 257 g/mol. The number of hydrogen-bond donors (Lipinski definition) is 1. The summed E-state index contributed by atoms with van der Waals surface area (Å²) in [4.78, 5) is 0. The van der Waals surface area contributed by atoms with E-state index in [0.717, 1.165) is 5.56 Å². The first-order valence-electron chi connectivity index (χ1n) is 5.29. The molecule has 2 rings (SSSR count). The van der Waals surface area contributed by atoms with Crippen LogP contribution in [0.4, 0.5) is 0 Å². The maximum Gasteiger partial charge on any atom is 0.0931 e. The molecule has 0 aliphatic rings. The maximum atomic E-state index is 6.19. The fraction of sp³-hybridized carbons (Fsp3) is 0.250. The summed E-state index contributed by atoms with van der Waals surface area (Å²) in [6.07, 6.45) is 3.34. The van der Waals surface area contributed by atoms with Gasteiger partial charge in [0, 0.05) is 17.3 Å². The van der Waals surface area contributed by atoms with E-state index in [1.54, 1.807) is 17.1 Å². The second-order valence-corrected chi connectivity index (χ2v) is 4.81. The summed E-state index contributed by atoms with van der Waals surface area (Å²) in [5, 5.41) is 5.47. The van der Waals surface area contributed by atoms with Crippen molar-refractivity contribution in [1.29, 1.82) is 0 Å². The van der Waals surface area contributed by atoms with Crippen LogP contribution in [0.5, 0.6) is 0 Å². The number of hydrogen-bond acceptors (Lipinski definition) is 2. The van der Waals surface area contributed by atoms with Crippen molar-refractivity contribution in [1.82, 2.24) is 9.78 Å². The molecule has 1 heterocycles. The van der Waals surface area contributed by atoms with E-state index < -0.39 is 0 Å². The van der Waals surface area contributed by atoms with Gasteiger partial charge in [-0.25, -0.2) is 0 Å². The monoisotopic (exact) mass is 269 g/mol. The molecule has 2 N–H and O–H groups in total. The predicted octanol–water partition coefficient (Wildman–Crippen LogP) is 3.13. The van der Waals surface area contributed by atoms with Gasteiger partial charge in [0.15, 0.2) is 0 Å². The highest BCUT2D eigenvalue weighted by molar-refractivity contribution is 6.31. The molecule has 2 atom stereocenters. The molecule has 0 amide bonds. The van der Waals surface area contributed by atoms with Crippen LogP contribution >= 0.6 is 23.2 Å². The third-order valence-electron chi connectivity index (χ3n) is 2.58. The molecule has 90 valence electrons. The van der Waals surface area contributed by atoms with Crippen LogP contribution in [-0.2, 0) is 0 Å². The number of nitrogens with two attached hydrogens (primary N) is 1. The largest absolute Gasteiger partial charge is 0.326 e. The molecule has 0 saturated heterocycles. The maximum absolute atomic E-state index is 6.19. The van der Waals surface area contributed by atoms with E-state index in [1.165, 1.54) is 0 Å². The van der Waals surface area contributed by atoms with E-state index in [-0.39, 0.29) is 12.1 Å². The molecule has 1 aromatic heterocycles. The van der Waals surface area contributed by atoms with Crippen LogP contribution in [0.2, 0.25) is 10.0 Å². The minimum Gasteiger partial charge on any atom is -0.326 e. The molecule has 3 nitrogen and oxygen atoms in total. The van der Waals surface area contributed by atoms with Crippen LogP contribution in [0, 0.1) is 0 Å². The van der Waals surface area contributed by atoms with E-state index >= 15 is 0 Å². The zero-order chi connectivity index (χ0) is 12.4. The molecule has 17 heavy (non-hydrogen) atoms. The fourth-order valence-electron chi connectivity index (χ4n) is 1.85. The van der Waals surface area contributed by atoms with Crippen LogP contribution in [0.15, 0.2) is 36.7 Å². The van der Waals surface area contributed by atoms with Crippen molar-refractivity contribution in [3.05, 3.63) is 52.3 Å². The van der Waals surface area contributed by atoms with Crippen LogP contribution in [0.25, 0.3) is 0 Å². The minimum absolute atomic E-state index is 0.115. The summed E-state index contributed by atoms with van der Waals surface area (Å²) in [6.45, 7) is 1.92. The highest BCUT2D eigenvalue weighted by atomic mass is 35.5. The van der Waals surface area contributed by atoms with E-state index in [0.29, 0.717) is 10.0 Å². The SMILES string of the molecule is CC(N)C(c1ccccc1Cl)n1cc(Cl)cn1. The lowest BCUT2D eigenvalue weighted by molar-refractivity contribution is 0.454. The normalized spacial score (nSPS) is 14.6. The van der Waals surface area contributed by atoms with Gasteiger partial charge >= 0.3 is 0 Å². The van der Waals surface area contributed by atoms with Gasteiger partial charge in [0.05, 0.1) is 17.3 Å². The summed E-state index contributed by atoms with van der Waals surface area (Å²) < 4.78 is 1.74. The number of nitrogens with zero attached hydrogens (tertiary/aromatic N) is 2. The van der Waals surface area contributed by atoms with Crippen molar-refractivity contribution in [2.45, 2.75) is 19.0 Å². The number of rotatable bonds is 3. The van der Waals surface area contributed by atoms with Crippen molar-refractivity contribution >= 4 is 23.2 Å². The number of aromatic nitrogens is 2. The summed E-state index contributed by atoms with van der Waals surface area (Å²) >= 11 is 12.1. The first-order valence-corrected chi connectivity index (χ1v) is 6.05. The van der Waals surface area contributed by atoms with Crippen molar-refractivity contribution < 1.29 is 0 Å². The van der Waals surface area contributed by atoms with E-state index in [4.69, 9.17) is 28.9 Å². The van der Waals surface area contributed by atoms with Gasteiger partial charge in [-0.1, -0.05) is 41.4 Å². The molecule has 2 aromatic rings. The Morgan fingerprint density at radius 1 is 1.29 bits per heavy atom. The van der Waals surface area contributed by atoms with Gasteiger partial charge in [0.2, 0.25) is 0 Å². The Morgan fingerprint density at radius 2 is 2.00 bits per heavy atom. The summed E-state index contributed by atoms with van der Waals surface area (Å²) in [7, 11) is 0. The average molecular weight is 270 g/mol. The van der Waals surface area contributed by atoms with Gasteiger partial charge in [-0.2, -0.15) is 5.10 Å². The van der Waals surface area contributed by atoms with Gasteiger partial charge in [-0.05, 0) is 18.6 Å². The van der Waals surface area contributed by atoms with Crippen molar-refractivity contribution in [3.8, 4) is 0 Å². The van der Waals surface area contributed by atoms with Gasteiger partial charge < -0.3 is 5.73 Å². The Hall–Kier alpha value is -1.03. The lowest BCUT2D eigenvalue weighted by Crippen LogP contribution is -2.30. The molecular formula is C12H13Cl2N3. The highest BCUT2D eigenvalue weighted by Crippen LogP contribution is 2.28. The van der Waals surface area contributed by atoms with Gasteiger partial charge in [-0.3, -0.25) is 4.68 Å². The smallest absolute Gasteiger partial charge is 0.0931 e. The van der Waals surface area contributed by atoms with Gasteiger partial charge in [0.25, 0.3) is 0 Å². The molecule has 0 bridgehead atoms. The van der Waals surface area contributed by atoms with E-state index in [1.807, 2.05) is 31.2 Å². The Kier molecular flexibility index (Phi) is 3.72. The Labute approximate surface area is 110 Å². The summed E-state index contributed by atoms with van der Waals surface area (Å²) in [6, 6.07) is 7.38. The molecule has 0 aliphatic carbocycles. The van der Waals surface area contributed by atoms with E-state index in [2.05, 4.69) is 5.10 Å². The standard InChI is InChI=1S/C12H13Cl2N3/c1-8(15)12(17-7-9(13)6-16-17)10-4-2-3-5-11(10)14/h2-8,12H,15H2,1H3. The minimum atomic E-state index is -0.120. The third-order valence-corrected chi connectivity index (χ3v) is 3.12. The zero-order valence-electron chi connectivity index (χ0n) is 9.35. The lowest BCUT2D eigenvalue weighted by Gasteiger charge is -2.22. The number of halogens is 2. The van der Waals surface area contributed by atoms with Gasteiger partial charge in [0.1, 0.15) is 0 Å². The second kappa shape index (κ2) is 5.08. The van der Waals surface area contributed by atoms with Crippen molar-refractivity contribution in [2.24, 2.45) is 5.73 Å². The Bertz CT molecular complexity index is 508. The van der Waals surface area contributed by atoms with Gasteiger partial charge in [-0.15, -0.1) is 0 Å². The van der Waals surface area contributed by atoms with Crippen LogP contribution < -0.4 is 5.73 Å². The first kappa shape index (κ1) is 12.4. The Morgan fingerprint density at radius 3 is 2.53 bits per heavy atom. The zero-order valence-corrected chi connectivity index (χ0v) is 10.9. The first-order chi connectivity index (χ1) is 8.09. The molecule has 2 unspecified atom stereocenters. The fourth-order valence-corrected chi connectivity index (χ4v) is 2.24. The molecule has 0 aliphatic heterocycles. The molecule has 5 heteroatoms. The molecule has 0 radical (unpaired) electrons. The Balaban J connectivity index is 2.47. The quantitative estimate of drug-likeness (QED) is 0.931. The lowest BCUT2D eigenvalue weighted by atomic mass is 10.0. The second-order valence-electron chi connectivity index (χ2n) is 3.96. The molecule has 0 fully saturated rings. The van der Waals surface area contributed by atoms with E-state index in [9.17, 15) is 0 Å². The third kappa shape index (κ3) is 2.63.